The highest BCUT2D eigenvalue weighted by atomic mass is 32.2. The van der Waals surface area contributed by atoms with Gasteiger partial charge in [-0.2, -0.15) is 0 Å². The number of carbonyl (C=O) groups is 3. The van der Waals surface area contributed by atoms with Gasteiger partial charge in [0, 0.05) is 5.25 Å². The summed E-state index contributed by atoms with van der Waals surface area (Å²) in [5, 5.41) is 0.0524. The van der Waals surface area contributed by atoms with E-state index < -0.39 is 47.8 Å². The standard InChI is InChI=1S/C33H34O8S/c1-4-20-37-21-26-27(39-30(34)23-14-8-5-9-15-23)28(40-31(35)24-16-10-6-11-17-24)29(33(38-26)42-22(2)3)41-32(36)25-18-12-7-13-19-25/h4-19,22,26-29,33H,1,20-21H2,2-3H3/t26-,27+,28+,29-,33+/m1/s1. The van der Waals surface area contributed by atoms with E-state index >= 15 is 0 Å². The number of hydrogen-bond acceptors (Lipinski definition) is 9. The average molecular weight is 591 g/mol. The van der Waals surface area contributed by atoms with Gasteiger partial charge in [0.25, 0.3) is 0 Å². The van der Waals surface area contributed by atoms with Crippen molar-refractivity contribution in [1.29, 1.82) is 0 Å². The summed E-state index contributed by atoms with van der Waals surface area (Å²) < 4.78 is 30.2. The van der Waals surface area contributed by atoms with Crippen molar-refractivity contribution in [2.24, 2.45) is 0 Å². The van der Waals surface area contributed by atoms with Gasteiger partial charge in [0.15, 0.2) is 18.3 Å². The minimum atomic E-state index is -1.22. The molecular weight excluding hydrogens is 556 g/mol. The first kappa shape index (κ1) is 31.0. The molecule has 220 valence electrons. The van der Waals surface area contributed by atoms with E-state index in [1.54, 1.807) is 97.1 Å². The lowest BCUT2D eigenvalue weighted by Gasteiger charge is -2.45. The van der Waals surface area contributed by atoms with Crippen molar-refractivity contribution in [2.45, 2.75) is 48.9 Å². The van der Waals surface area contributed by atoms with Crippen LogP contribution in [0, 0.1) is 0 Å². The molecule has 0 radical (unpaired) electrons. The Morgan fingerprint density at radius 1 is 0.738 bits per heavy atom. The molecule has 3 aromatic rings. The lowest BCUT2D eigenvalue weighted by molar-refractivity contribution is -0.210. The van der Waals surface area contributed by atoms with Gasteiger partial charge in [-0.05, 0) is 36.4 Å². The molecule has 0 spiro atoms. The van der Waals surface area contributed by atoms with Gasteiger partial charge in [0.05, 0.1) is 29.9 Å². The molecule has 0 unspecified atom stereocenters. The maximum absolute atomic E-state index is 13.4. The van der Waals surface area contributed by atoms with Gasteiger partial charge in [0.2, 0.25) is 0 Å². The third kappa shape index (κ3) is 8.31. The molecule has 3 aromatic carbocycles. The van der Waals surface area contributed by atoms with E-state index in [0.717, 1.165) is 0 Å². The van der Waals surface area contributed by atoms with Gasteiger partial charge < -0.3 is 23.7 Å². The number of benzene rings is 3. The molecule has 1 aliphatic rings. The minimum absolute atomic E-state index is 0.00660. The SMILES string of the molecule is C=CCOC[C@H]1O[C@@H](SC(C)C)[C@H](OC(=O)c2ccccc2)[C@@H](OC(=O)c2ccccc2)[C@H]1OC(=O)c1ccccc1. The van der Waals surface area contributed by atoms with Crippen LogP contribution in [0.25, 0.3) is 0 Å². The number of ether oxygens (including phenoxy) is 5. The van der Waals surface area contributed by atoms with Crippen LogP contribution in [0.1, 0.15) is 44.9 Å². The van der Waals surface area contributed by atoms with Gasteiger partial charge in [-0.15, -0.1) is 18.3 Å². The fraction of sp³-hybridized carbons (Fsp3) is 0.303. The van der Waals surface area contributed by atoms with Gasteiger partial charge in [0.1, 0.15) is 11.5 Å². The molecule has 1 aliphatic heterocycles. The maximum Gasteiger partial charge on any atom is 0.338 e. The first-order valence-corrected chi connectivity index (χ1v) is 14.6. The molecule has 1 heterocycles. The quantitative estimate of drug-likeness (QED) is 0.113. The Balaban J connectivity index is 1.75. The molecule has 0 saturated carbocycles. The lowest BCUT2D eigenvalue weighted by Crippen LogP contribution is -2.62. The van der Waals surface area contributed by atoms with Crippen LogP contribution in [-0.2, 0) is 23.7 Å². The van der Waals surface area contributed by atoms with E-state index in [9.17, 15) is 14.4 Å². The second-order valence-corrected chi connectivity index (χ2v) is 11.4. The van der Waals surface area contributed by atoms with Crippen molar-refractivity contribution in [1.82, 2.24) is 0 Å². The summed E-state index contributed by atoms with van der Waals surface area (Å²) in [6.45, 7) is 7.86. The highest BCUT2D eigenvalue weighted by Gasteiger charge is 2.53. The Bertz CT molecular complexity index is 1320. The molecule has 0 aliphatic carbocycles. The van der Waals surface area contributed by atoms with Crippen molar-refractivity contribution >= 4 is 29.7 Å². The molecule has 1 fully saturated rings. The first-order valence-electron chi connectivity index (χ1n) is 13.6. The summed E-state index contributed by atoms with van der Waals surface area (Å²) in [4.78, 5) is 40.0. The molecule has 8 nitrogen and oxygen atoms in total. The van der Waals surface area contributed by atoms with Gasteiger partial charge in [-0.1, -0.05) is 74.5 Å². The van der Waals surface area contributed by atoms with E-state index in [0.29, 0.717) is 11.1 Å². The van der Waals surface area contributed by atoms with Crippen LogP contribution < -0.4 is 0 Å². The summed E-state index contributed by atoms with van der Waals surface area (Å²) in [5.74, 6) is -1.95. The number of rotatable bonds is 12. The molecule has 4 rings (SSSR count). The smallest absolute Gasteiger partial charge is 0.338 e. The second kappa shape index (κ2) is 15.3. The Morgan fingerprint density at radius 2 is 1.17 bits per heavy atom. The van der Waals surface area contributed by atoms with Crippen molar-refractivity contribution in [3.05, 3.63) is 120 Å². The molecule has 0 bridgehead atoms. The lowest BCUT2D eigenvalue weighted by atomic mass is 9.98. The molecule has 42 heavy (non-hydrogen) atoms. The molecule has 0 N–H and O–H groups in total. The van der Waals surface area contributed by atoms with Crippen LogP contribution in [0.15, 0.2) is 104 Å². The summed E-state index contributed by atoms with van der Waals surface area (Å²) in [7, 11) is 0. The first-order chi connectivity index (χ1) is 20.4. The fourth-order valence-electron chi connectivity index (χ4n) is 4.36. The summed E-state index contributed by atoms with van der Waals surface area (Å²) in [6, 6.07) is 25.4. The minimum Gasteiger partial charge on any atom is -0.452 e. The van der Waals surface area contributed by atoms with Gasteiger partial charge >= 0.3 is 17.9 Å². The maximum atomic E-state index is 13.4. The Labute approximate surface area is 249 Å². The predicted octanol–water partition coefficient (Wildman–Crippen LogP) is 5.73. The number of thioether (sulfide) groups is 1. The summed E-state index contributed by atoms with van der Waals surface area (Å²) in [6.07, 6.45) is -2.78. The monoisotopic (exact) mass is 590 g/mol. The van der Waals surface area contributed by atoms with Crippen LogP contribution in [0.2, 0.25) is 0 Å². The van der Waals surface area contributed by atoms with Crippen molar-refractivity contribution < 1.29 is 38.1 Å². The molecule has 0 amide bonds. The zero-order valence-electron chi connectivity index (χ0n) is 23.5. The number of esters is 3. The average Bonchev–Trinajstić information content (AvgIpc) is 3.01. The zero-order valence-corrected chi connectivity index (χ0v) is 24.3. The second-order valence-electron chi connectivity index (χ2n) is 9.76. The highest BCUT2D eigenvalue weighted by molar-refractivity contribution is 8.00. The molecule has 5 atom stereocenters. The third-order valence-corrected chi connectivity index (χ3v) is 7.47. The van der Waals surface area contributed by atoms with E-state index in [-0.39, 0.29) is 24.0 Å². The Hall–Kier alpha value is -3.92. The van der Waals surface area contributed by atoms with E-state index in [1.165, 1.54) is 11.8 Å². The summed E-state index contributed by atoms with van der Waals surface area (Å²) >= 11 is 1.40. The zero-order chi connectivity index (χ0) is 29.9. The highest BCUT2D eigenvalue weighted by Crippen LogP contribution is 2.37. The van der Waals surface area contributed by atoms with Crippen molar-refractivity contribution in [2.75, 3.05) is 13.2 Å². The van der Waals surface area contributed by atoms with Crippen LogP contribution >= 0.6 is 11.8 Å². The van der Waals surface area contributed by atoms with Crippen LogP contribution in [-0.4, -0.2) is 66.2 Å². The Morgan fingerprint density at radius 3 is 1.60 bits per heavy atom. The number of hydrogen-bond donors (Lipinski definition) is 0. The molecule has 1 saturated heterocycles. The molecular formula is C33H34O8S. The topological polar surface area (TPSA) is 97.4 Å². The van der Waals surface area contributed by atoms with Gasteiger partial charge in [-0.25, -0.2) is 14.4 Å². The molecule has 9 heteroatoms. The summed E-state index contributed by atoms with van der Waals surface area (Å²) in [5.41, 5.74) is 0.133. The fourth-order valence-corrected chi connectivity index (χ4v) is 5.47. The third-order valence-electron chi connectivity index (χ3n) is 6.27. The van der Waals surface area contributed by atoms with E-state index in [1.807, 2.05) is 13.8 Å². The number of carbonyl (C=O) groups excluding carboxylic acids is 3. The predicted molar refractivity (Wildman–Crippen MR) is 159 cm³/mol. The Kier molecular flexibility index (Phi) is 11.3. The van der Waals surface area contributed by atoms with Gasteiger partial charge in [-0.3, -0.25) is 0 Å². The van der Waals surface area contributed by atoms with Crippen molar-refractivity contribution in [3.63, 3.8) is 0 Å². The van der Waals surface area contributed by atoms with E-state index in [4.69, 9.17) is 23.7 Å². The van der Waals surface area contributed by atoms with Crippen LogP contribution in [0.5, 0.6) is 0 Å². The largest absolute Gasteiger partial charge is 0.452 e. The van der Waals surface area contributed by atoms with Crippen molar-refractivity contribution in [3.8, 4) is 0 Å². The van der Waals surface area contributed by atoms with Crippen LogP contribution in [0.4, 0.5) is 0 Å². The molecule has 0 aromatic heterocycles. The van der Waals surface area contributed by atoms with Crippen LogP contribution in [0.3, 0.4) is 0 Å². The normalized spacial score (nSPS) is 21.7. The van der Waals surface area contributed by atoms with E-state index in [2.05, 4.69) is 6.58 Å².